The number of nitrogens with zero attached hydrogens (tertiary/aromatic N) is 5. The number of aryl methyl sites for hydroxylation is 1. The number of aromatic nitrogens is 3. The van der Waals surface area contributed by atoms with Crippen molar-refractivity contribution in [3.63, 3.8) is 0 Å². The molecule has 2 aromatic heterocycles. The van der Waals surface area contributed by atoms with Crippen molar-refractivity contribution < 1.29 is 4.74 Å². The second kappa shape index (κ2) is 6.74. The Kier molecular flexibility index (Phi) is 4.47. The Bertz CT molecular complexity index is 675. The van der Waals surface area contributed by atoms with Crippen LogP contribution in [0.5, 0.6) is 0 Å². The SMILES string of the molecule is Cc1nc(CN2CCC[C@]3(C2)CN(c2cnccn2)CCO3)cs1. The number of hydrogen-bond acceptors (Lipinski definition) is 7. The fraction of sp³-hybridized carbons (Fsp3) is 0.588. The summed E-state index contributed by atoms with van der Waals surface area (Å²) in [5, 5.41) is 3.31. The van der Waals surface area contributed by atoms with Gasteiger partial charge in [-0.25, -0.2) is 9.97 Å². The van der Waals surface area contributed by atoms with Gasteiger partial charge in [0.15, 0.2) is 0 Å². The monoisotopic (exact) mass is 345 g/mol. The van der Waals surface area contributed by atoms with E-state index in [1.54, 1.807) is 23.7 Å². The highest BCUT2D eigenvalue weighted by Gasteiger charge is 2.41. The topological polar surface area (TPSA) is 54.4 Å². The van der Waals surface area contributed by atoms with E-state index in [1.807, 2.05) is 6.20 Å². The van der Waals surface area contributed by atoms with Gasteiger partial charge in [-0.15, -0.1) is 11.3 Å². The average Bonchev–Trinajstić information content (AvgIpc) is 3.01. The van der Waals surface area contributed by atoms with Crippen molar-refractivity contribution in [1.82, 2.24) is 19.9 Å². The summed E-state index contributed by atoms with van der Waals surface area (Å²) in [6.07, 6.45) is 7.60. The lowest BCUT2D eigenvalue weighted by Gasteiger charge is -2.48. The van der Waals surface area contributed by atoms with E-state index < -0.39 is 0 Å². The van der Waals surface area contributed by atoms with E-state index in [0.717, 1.165) is 63.0 Å². The molecule has 7 heteroatoms. The van der Waals surface area contributed by atoms with Crippen molar-refractivity contribution in [1.29, 1.82) is 0 Å². The summed E-state index contributed by atoms with van der Waals surface area (Å²) in [5.74, 6) is 0.951. The number of hydrogen-bond donors (Lipinski definition) is 0. The summed E-state index contributed by atoms with van der Waals surface area (Å²) < 4.78 is 6.28. The molecular formula is C17H23N5OS. The number of ether oxygens (including phenoxy) is 1. The molecule has 2 aromatic rings. The van der Waals surface area contributed by atoms with E-state index in [1.165, 1.54) is 5.69 Å². The van der Waals surface area contributed by atoms with E-state index in [0.29, 0.717) is 0 Å². The summed E-state index contributed by atoms with van der Waals surface area (Å²) in [6, 6.07) is 0. The van der Waals surface area contributed by atoms with Gasteiger partial charge >= 0.3 is 0 Å². The fourth-order valence-electron chi connectivity index (χ4n) is 3.78. The Morgan fingerprint density at radius 1 is 1.29 bits per heavy atom. The molecule has 2 aliphatic rings. The van der Waals surface area contributed by atoms with Crippen LogP contribution in [-0.4, -0.2) is 58.2 Å². The number of rotatable bonds is 3. The smallest absolute Gasteiger partial charge is 0.147 e. The molecule has 0 amide bonds. The van der Waals surface area contributed by atoms with Crippen LogP contribution >= 0.6 is 11.3 Å². The second-order valence-electron chi connectivity index (χ2n) is 6.69. The molecular weight excluding hydrogens is 322 g/mol. The quantitative estimate of drug-likeness (QED) is 0.849. The van der Waals surface area contributed by atoms with Crippen LogP contribution in [0, 0.1) is 6.92 Å². The van der Waals surface area contributed by atoms with Gasteiger partial charge < -0.3 is 9.64 Å². The first-order valence-electron chi connectivity index (χ1n) is 8.51. The lowest BCUT2D eigenvalue weighted by molar-refractivity contribution is -0.0988. The minimum absolute atomic E-state index is 0.0981. The van der Waals surface area contributed by atoms with E-state index in [4.69, 9.17) is 4.74 Å². The summed E-state index contributed by atoms with van der Waals surface area (Å²) in [7, 11) is 0. The van der Waals surface area contributed by atoms with Gasteiger partial charge in [-0.3, -0.25) is 9.88 Å². The molecule has 128 valence electrons. The van der Waals surface area contributed by atoms with E-state index >= 15 is 0 Å². The van der Waals surface area contributed by atoms with Crippen molar-refractivity contribution >= 4 is 17.2 Å². The predicted octanol–water partition coefficient (Wildman–Crippen LogP) is 2.11. The highest BCUT2D eigenvalue weighted by molar-refractivity contribution is 7.09. The molecule has 2 aliphatic heterocycles. The Labute approximate surface area is 146 Å². The summed E-state index contributed by atoms with van der Waals surface area (Å²) in [6.45, 7) is 7.58. The predicted molar refractivity (Wildman–Crippen MR) is 94.3 cm³/mol. The normalized spacial score (nSPS) is 25.3. The molecule has 6 nitrogen and oxygen atoms in total. The average molecular weight is 345 g/mol. The number of morpholine rings is 1. The first kappa shape index (κ1) is 15.9. The van der Waals surface area contributed by atoms with Crippen molar-refractivity contribution in [2.45, 2.75) is 31.9 Å². The van der Waals surface area contributed by atoms with Gasteiger partial charge in [0.25, 0.3) is 0 Å². The van der Waals surface area contributed by atoms with Crippen molar-refractivity contribution in [3.8, 4) is 0 Å². The molecule has 0 aliphatic carbocycles. The van der Waals surface area contributed by atoms with Crippen LogP contribution in [0.3, 0.4) is 0 Å². The number of thiazole rings is 1. The van der Waals surface area contributed by atoms with Crippen LogP contribution < -0.4 is 4.90 Å². The van der Waals surface area contributed by atoms with Gasteiger partial charge in [-0.1, -0.05) is 0 Å². The lowest BCUT2D eigenvalue weighted by atomic mass is 9.90. The second-order valence-corrected chi connectivity index (χ2v) is 7.75. The van der Waals surface area contributed by atoms with Crippen molar-refractivity contribution in [2.75, 3.05) is 37.7 Å². The van der Waals surface area contributed by atoms with E-state index in [-0.39, 0.29) is 5.60 Å². The van der Waals surface area contributed by atoms with Crippen LogP contribution in [0.1, 0.15) is 23.5 Å². The standard InChI is InChI=1S/C17H23N5OS/c1-14-20-15(11-24-14)10-21-6-2-3-17(12-21)13-22(7-8-23-17)16-9-18-4-5-19-16/h4-5,9,11H,2-3,6-8,10,12-13H2,1H3/t17-/m0/s1. The third-order valence-electron chi connectivity index (χ3n) is 4.79. The molecule has 4 rings (SSSR count). The Balaban J connectivity index is 1.45. The molecule has 0 unspecified atom stereocenters. The van der Waals surface area contributed by atoms with Gasteiger partial charge in [0.05, 0.1) is 29.1 Å². The highest BCUT2D eigenvalue weighted by atomic mass is 32.1. The van der Waals surface area contributed by atoms with Gasteiger partial charge in [-0.2, -0.15) is 0 Å². The molecule has 1 atom stereocenters. The Hall–Kier alpha value is -1.57. The van der Waals surface area contributed by atoms with Gasteiger partial charge in [0.1, 0.15) is 5.82 Å². The zero-order valence-corrected chi connectivity index (χ0v) is 14.8. The Morgan fingerprint density at radius 3 is 3.04 bits per heavy atom. The maximum atomic E-state index is 6.28. The number of likely N-dealkylation sites (tertiary alicyclic amines) is 1. The van der Waals surface area contributed by atoms with Gasteiger partial charge in [-0.05, 0) is 26.3 Å². The van der Waals surface area contributed by atoms with Crippen LogP contribution in [0.4, 0.5) is 5.82 Å². The minimum Gasteiger partial charge on any atom is -0.370 e. The van der Waals surface area contributed by atoms with Crippen molar-refractivity contribution in [3.05, 3.63) is 34.7 Å². The third kappa shape index (κ3) is 3.43. The van der Waals surface area contributed by atoms with Gasteiger partial charge in [0.2, 0.25) is 0 Å². The molecule has 0 radical (unpaired) electrons. The number of piperidine rings is 1. The highest BCUT2D eigenvalue weighted by Crippen LogP contribution is 2.31. The third-order valence-corrected chi connectivity index (χ3v) is 5.62. The fourth-order valence-corrected chi connectivity index (χ4v) is 4.38. The largest absolute Gasteiger partial charge is 0.370 e. The maximum Gasteiger partial charge on any atom is 0.147 e. The summed E-state index contributed by atoms with van der Waals surface area (Å²) in [4.78, 5) is 18.1. The van der Waals surface area contributed by atoms with Gasteiger partial charge in [0, 0.05) is 44.0 Å². The molecule has 0 aromatic carbocycles. The van der Waals surface area contributed by atoms with E-state index in [9.17, 15) is 0 Å². The Morgan fingerprint density at radius 2 is 2.25 bits per heavy atom. The molecule has 24 heavy (non-hydrogen) atoms. The summed E-state index contributed by atoms with van der Waals surface area (Å²) in [5.41, 5.74) is 1.08. The van der Waals surface area contributed by atoms with E-state index in [2.05, 4.69) is 37.1 Å². The van der Waals surface area contributed by atoms with Crippen LogP contribution in [-0.2, 0) is 11.3 Å². The molecule has 0 N–H and O–H groups in total. The lowest BCUT2D eigenvalue weighted by Crippen LogP contribution is -2.59. The minimum atomic E-state index is -0.0981. The molecule has 0 saturated carbocycles. The molecule has 2 saturated heterocycles. The molecule has 1 spiro atoms. The van der Waals surface area contributed by atoms with Crippen LogP contribution in [0.15, 0.2) is 24.0 Å². The first-order valence-corrected chi connectivity index (χ1v) is 9.39. The molecule has 2 fully saturated rings. The van der Waals surface area contributed by atoms with Crippen LogP contribution in [0.25, 0.3) is 0 Å². The molecule has 4 heterocycles. The zero-order valence-electron chi connectivity index (χ0n) is 14.0. The zero-order chi connectivity index (χ0) is 16.4. The van der Waals surface area contributed by atoms with Crippen molar-refractivity contribution in [2.24, 2.45) is 0 Å². The maximum absolute atomic E-state index is 6.28. The molecule has 0 bridgehead atoms. The summed E-state index contributed by atoms with van der Waals surface area (Å²) >= 11 is 1.73. The van der Waals surface area contributed by atoms with Crippen LogP contribution in [0.2, 0.25) is 0 Å². The first-order chi connectivity index (χ1) is 11.7. The number of anilines is 1.